The van der Waals surface area contributed by atoms with Gasteiger partial charge in [-0.2, -0.15) is 0 Å². The minimum Gasteiger partial charge on any atom is -0.308 e. The molecule has 0 aliphatic rings. The summed E-state index contributed by atoms with van der Waals surface area (Å²) in [5, 5.41) is 3.44. The minimum atomic E-state index is -0.151. The van der Waals surface area contributed by atoms with Crippen LogP contribution in [0.15, 0.2) is 23.8 Å². The number of hydrogen-bond acceptors (Lipinski definition) is 1. The summed E-state index contributed by atoms with van der Waals surface area (Å²) < 4.78 is 13.7. The lowest BCUT2D eigenvalue weighted by atomic mass is 10.0. The lowest BCUT2D eigenvalue weighted by molar-refractivity contribution is 0.443. The average Bonchev–Trinajstić information content (AvgIpc) is 2.27. The molecule has 100 valence electrons. The lowest BCUT2D eigenvalue weighted by Gasteiger charge is -2.21. The molecule has 1 nitrogen and oxygen atoms in total. The summed E-state index contributed by atoms with van der Waals surface area (Å²) in [7, 11) is 0. The summed E-state index contributed by atoms with van der Waals surface area (Å²) in [5.74, 6) is -0.151. The van der Waals surface area contributed by atoms with E-state index in [0.717, 1.165) is 18.5 Å². The first kappa shape index (κ1) is 14.9. The quantitative estimate of drug-likeness (QED) is 0.838. The van der Waals surface area contributed by atoms with Gasteiger partial charge in [0.1, 0.15) is 5.82 Å². The van der Waals surface area contributed by atoms with Crippen molar-refractivity contribution in [3.05, 3.63) is 40.7 Å². The van der Waals surface area contributed by atoms with Crippen LogP contribution in [0.4, 0.5) is 4.39 Å². The second-order valence-corrected chi connectivity index (χ2v) is 5.78. The van der Waals surface area contributed by atoms with Gasteiger partial charge in [-0.1, -0.05) is 30.2 Å². The molecule has 1 aromatic rings. The van der Waals surface area contributed by atoms with Crippen LogP contribution in [0.5, 0.6) is 0 Å². The van der Waals surface area contributed by atoms with Crippen LogP contribution in [0, 0.1) is 12.7 Å². The van der Waals surface area contributed by atoms with Crippen LogP contribution in [-0.4, -0.2) is 12.1 Å². The number of hydrogen-bond donors (Lipinski definition) is 1. The van der Waals surface area contributed by atoms with E-state index >= 15 is 0 Å². The first-order valence-corrected chi connectivity index (χ1v) is 6.52. The third kappa shape index (κ3) is 5.01. The molecule has 0 heterocycles. The number of aryl methyl sites for hydroxylation is 1. The number of benzene rings is 1. The molecule has 0 saturated carbocycles. The fourth-order valence-corrected chi connectivity index (χ4v) is 1.65. The zero-order chi connectivity index (χ0) is 13.8. The van der Waals surface area contributed by atoms with Gasteiger partial charge in [0.15, 0.2) is 0 Å². The maximum atomic E-state index is 13.7. The smallest absolute Gasteiger partial charge is 0.130 e. The van der Waals surface area contributed by atoms with E-state index in [4.69, 9.17) is 0 Å². The molecule has 0 aliphatic carbocycles. The van der Waals surface area contributed by atoms with Crippen molar-refractivity contribution in [3.8, 4) is 0 Å². The van der Waals surface area contributed by atoms with Gasteiger partial charge >= 0.3 is 0 Å². The SMILES string of the molecule is CC/C(=C/c1cc(C)ccc1F)CNC(C)(C)C. The van der Waals surface area contributed by atoms with Crippen molar-refractivity contribution in [3.63, 3.8) is 0 Å². The first-order valence-electron chi connectivity index (χ1n) is 6.52. The van der Waals surface area contributed by atoms with E-state index in [1.807, 2.05) is 19.1 Å². The topological polar surface area (TPSA) is 12.0 Å². The first-order chi connectivity index (χ1) is 8.31. The number of rotatable bonds is 4. The highest BCUT2D eigenvalue weighted by atomic mass is 19.1. The summed E-state index contributed by atoms with van der Waals surface area (Å²) in [6, 6.07) is 5.22. The predicted octanol–water partition coefficient (Wildman–Crippen LogP) is 4.32. The molecule has 0 bridgehead atoms. The van der Waals surface area contributed by atoms with Crippen LogP contribution < -0.4 is 5.32 Å². The summed E-state index contributed by atoms with van der Waals surface area (Å²) in [5.41, 5.74) is 3.07. The summed E-state index contributed by atoms with van der Waals surface area (Å²) >= 11 is 0. The molecule has 2 heteroatoms. The molecule has 0 aromatic heterocycles. The van der Waals surface area contributed by atoms with Gasteiger partial charge in [-0.25, -0.2) is 4.39 Å². The molecule has 1 aromatic carbocycles. The maximum absolute atomic E-state index is 13.7. The molecule has 18 heavy (non-hydrogen) atoms. The maximum Gasteiger partial charge on any atom is 0.130 e. The van der Waals surface area contributed by atoms with Gasteiger partial charge in [-0.15, -0.1) is 0 Å². The zero-order valence-electron chi connectivity index (χ0n) is 12.1. The predicted molar refractivity (Wildman–Crippen MR) is 77.2 cm³/mol. The molecule has 0 atom stereocenters. The van der Waals surface area contributed by atoms with Crippen molar-refractivity contribution in [2.45, 2.75) is 46.6 Å². The summed E-state index contributed by atoms with van der Waals surface area (Å²) in [6.45, 7) is 11.3. The van der Waals surface area contributed by atoms with E-state index in [2.05, 4.69) is 33.0 Å². The molecule has 1 rings (SSSR count). The van der Waals surface area contributed by atoms with E-state index in [9.17, 15) is 4.39 Å². The van der Waals surface area contributed by atoms with E-state index in [-0.39, 0.29) is 11.4 Å². The van der Waals surface area contributed by atoms with Crippen LogP contribution in [-0.2, 0) is 0 Å². The van der Waals surface area contributed by atoms with Crippen molar-refractivity contribution in [2.24, 2.45) is 0 Å². The summed E-state index contributed by atoms with van der Waals surface area (Å²) in [4.78, 5) is 0. The second-order valence-electron chi connectivity index (χ2n) is 5.78. The van der Waals surface area contributed by atoms with Gasteiger partial charge in [0, 0.05) is 17.6 Å². The number of halogens is 1. The van der Waals surface area contributed by atoms with Gasteiger partial charge in [0.2, 0.25) is 0 Å². The van der Waals surface area contributed by atoms with Gasteiger partial charge in [0.25, 0.3) is 0 Å². The Morgan fingerprint density at radius 2 is 2.00 bits per heavy atom. The Morgan fingerprint density at radius 1 is 1.33 bits per heavy atom. The van der Waals surface area contributed by atoms with Crippen molar-refractivity contribution in [1.82, 2.24) is 5.32 Å². The number of nitrogens with one attached hydrogen (secondary N) is 1. The van der Waals surface area contributed by atoms with Gasteiger partial charge in [-0.3, -0.25) is 0 Å². The van der Waals surface area contributed by atoms with Crippen molar-refractivity contribution >= 4 is 6.08 Å². The largest absolute Gasteiger partial charge is 0.308 e. The van der Waals surface area contributed by atoms with Gasteiger partial charge in [-0.05, 0) is 46.2 Å². The van der Waals surface area contributed by atoms with Crippen LogP contribution in [0.3, 0.4) is 0 Å². The normalized spacial score (nSPS) is 12.9. The Kier molecular flexibility index (Phi) is 5.09. The molecule has 1 N–H and O–H groups in total. The fourth-order valence-electron chi connectivity index (χ4n) is 1.65. The van der Waals surface area contributed by atoms with Crippen molar-refractivity contribution < 1.29 is 4.39 Å². The third-order valence-electron chi connectivity index (χ3n) is 2.81. The Bertz CT molecular complexity index is 427. The molecule has 0 radical (unpaired) electrons. The Morgan fingerprint density at radius 3 is 2.56 bits per heavy atom. The minimum absolute atomic E-state index is 0.0827. The van der Waals surface area contributed by atoms with Crippen LogP contribution >= 0.6 is 0 Å². The highest BCUT2D eigenvalue weighted by Crippen LogP contribution is 2.15. The van der Waals surface area contributed by atoms with E-state index in [1.165, 1.54) is 11.6 Å². The van der Waals surface area contributed by atoms with Crippen LogP contribution in [0.2, 0.25) is 0 Å². The van der Waals surface area contributed by atoms with Gasteiger partial charge in [0.05, 0.1) is 0 Å². The van der Waals surface area contributed by atoms with E-state index in [0.29, 0.717) is 5.56 Å². The molecule has 0 fully saturated rings. The Labute approximate surface area is 110 Å². The van der Waals surface area contributed by atoms with E-state index in [1.54, 1.807) is 6.07 Å². The van der Waals surface area contributed by atoms with Crippen molar-refractivity contribution in [2.75, 3.05) is 6.54 Å². The second kappa shape index (κ2) is 6.14. The highest BCUT2D eigenvalue weighted by Gasteiger charge is 2.09. The van der Waals surface area contributed by atoms with Gasteiger partial charge < -0.3 is 5.32 Å². The molecular weight excluding hydrogens is 225 g/mol. The summed E-state index contributed by atoms with van der Waals surface area (Å²) in [6.07, 6.45) is 2.89. The zero-order valence-corrected chi connectivity index (χ0v) is 12.1. The van der Waals surface area contributed by atoms with Crippen LogP contribution in [0.25, 0.3) is 6.08 Å². The molecule has 0 saturated heterocycles. The third-order valence-corrected chi connectivity index (χ3v) is 2.81. The molecule has 0 amide bonds. The fraction of sp³-hybridized carbons (Fsp3) is 0.500. The Hall–Kier alpha value is -1.15. The monoisotopic (exact) mass is 249 g/mol. The molecular formula is C16H24FN. The lowest BCUT2D eigenvalue weighted by Crippen LogP contribution is -2.36. The van der Waals surface area contributed by atoms with Crippen molar-refractivity contribution in [1.29, 1.82) is 0 Å². The molecule has 0 aliphatic heterocycles. The average molecular weight is 249 g/mol. The molecule has 0 unspecified atom stereocenters. The highest BCUT2D eigenvalue weighted by molar-refractivity contribution is 5.54. The standard InChI is InChI=1S/C16H24FN/c1-6-13(11-18-16(3,4)5)10-14-9-12(2)7-8-15(14)17/h7-10,18H,6,11H2,1-5H3/b13-10-. The Balaban J connectivity index is 2.87. The van der Waals surface area contributed by atoms with Crippen LogP contribution in [0.1, 0.15) is 45.2 Å². The van der Waals surface area contributed by atoms with E-state index < -0.39 is 0 Å². The molecule has 0 spiro atoms.